The maximum absolute atomic E-state index is 11.9. The molecular weight excluding hydrogens is 351 g/mol. The molecular formula is C15H11IN2O. The number of aryl methyl sites for hydroxylation is 1. The summed E-state index contributed by atoms with van der Waals surface area (Å²) in [6.07, 6.45) is 0. The van der Waals surface area contributed by atoms with Crippen LogP contribution in [0.5, 0.6) is 0 Å². The highest BCUT2D eigenvalue weighted by atomic mass is 127. The van der Waals surface area contributed by atoms with Gasteiger partial charge in [0.15, 0.2) is 0 Å². The first kappa shape index (κ1) is 12.3. The van der Waals surface area contributed by atoms with Gasteiger partial charge in [-0.25, -0.2) is 5.10 Å². The van der Waals surface area contributed by atoms with E-state index in [0.29, 0.717) is 5.39 Å². The number of nitrogens with zero attached hydrogens (tertiary/aromatic N) is 1. The zero-order valence-electron chi connectivity index (χ0n) is 10.3. The van der Waals surface area contributed by atoms with Crippen LogP contribution in [0.15, 0.2) is 47.3 Å². The highest BCUT2D eigenvalue weighted by Crippen LogP contribution is 2.28. The average molecular weight is 362 g/mol. The molecule has 0 saturated carbocycles. The molecule has 3 nitrogen and oxygen atoms in total. The van der Waals surface area contributed by atoms with Gasteiger partial charge in [0.05, 0.1) is 11.1 Å². The zero-order valence-corrected chi connectivity index (χ0v) is 12.4. The van der Waals surface area contributed by atoms with Crippen molar-refractivity contribution in [3.8, 4) is 11.3 Å². The molecule has 0 saturated heterocycles. The number of fused-ring (bicyclic) bond motifs is 1. The lowest BCUT2D eigenvalue weighted by atomic mass is 10.0. The van der Waals surface area contributed by atoms with E-state index in [1.807, 2.05) is 49.4 Å². The molecule has 19 heavy (non-hydrogen) atoms. The Hall–Kier alpha value is -1.69. The smallest absolute Gasteiger partial charge is 0.267 e. The summed E-state index contributed by atoms with van der Waals surface area (Å²) in [5.74, 6) is 0. The van der Waals surface area contributed by atoms with E-state index < -0.39 is 0 Å². The Balaban J connectivity index is 2.45. The van der Waals surface area contributed by atoms with Crippen LogP contribution in [0.1, 0.15) is 5.56 Å². The number of aromatic nitrogens is 2. The van der Waals surface area contributed by atoms with Gasteiger partial charge in [-0.15, -0.1) is 0 Å². The van der Waals surface area contributed by atoms with Gasteiger partial charge < -0.3 is 0 Å². The molecule has 1 aromatic heterocycles. The molecule has 0 bridgehead atoms. The third-order valence-electron chi connectivity index (χ3n) is 3.17. The summed E-state index contributed by atoms with van der Waals surface area (Å²) >= 11 is 2.18. The third kappa shape index (κ3) is 2.06. The van der Waals surface area contributed by atoms with E-state index in [4.69, 9.17) is 0 Å². The first-order valence-corrected chi connectivity index (χ1v) is 6.99. The monoisotopic (exact) mass is 362 g/mol. The molecule has 0 radical (unpaired) electrons. The Kier molecular flexibility index (Phi) is 3.10. The molecule has 0 fully saturated rings. The van der Waals surface area contributed by atoms with Crippen molar-refractivity contribution in [2.75, 3.05) is 0 Å². The third-order valence-corrected chi connectivity index (χ3v) is 4.06. The second kappa shape index (κ2) is 4.77. The number of hydrogen-bond donors (Lipinski definition) is 1. The van der Waals surface area contributed by atoms with Crippen LogP contribution in [-0.4, -0.2) is 10.2 Å². The molecule has 1 heterocycles. The maximum atomic E-state index is 11.9. The lowest BCUT2D eigenvalue weighted by Gasteiger charge is -2.08. The normalized spacial score (nSPS) is 10.8. The standard InChI is InChI=1S/C15H11IN2O/c1-9-5-2-3-6-10(9)14-11-7-4-8-12(16)13(11)15(19)18-17-14/h2-8H,1H3,(H,18,19). The predicted molar refractivity (Wildman–Crippen MR) is 85.3 cm³/mol. The van der Waals surface area contributed by atoms with Gasteiger partial charge in [0.25, 0.3) is 5.56 Å². The van der Waals surface area contributed by atoms with Crippen molar-refractivity contribution in [2.45, 2.75) is 6.92 Å². The molecule has 0 spiro atoms. The van der Waals surface area contributed by atoms with E-state index in [0.717, 1.165) is 25.8 Å². The van der Waals surface area contributed by atoms with Crippen LogP contribution < -0.4 is 5.56 Å². The van der Waals surface area contributed by atoms with Crippen molar-refractivity contribution in [1.29, 1.82) is 0 Å². The van der Waals surface area contributed by atoms with E-state index in [1.54, 1.807) is 0 Å². The summed E-state index contributed by atoms with van der Waals surface area (Å²) in [7, 11) is 0. The molecule has 0 unspecified atom stereocenters. The van der Waals surface area contributed by atoms with Crippen molar-refractivity contribution in [3.05, 3.63) is 62.0 Å². The average Bonchev–Trinajstić information content (AvgIpc) is 2.40. The minimum absolute atomic E-state index is 0.141. The van der Waals surface area contributed by atoms with Crippen LogP contribution in [0.4, 0.5) is 0 Å². The fraction of sp³-hybridized carbons (Fsp3) is 0.0667. The number of H-pyrrole nitrogens is 1. The van der Waals surface area contributed by atoms with Crippen molar-refractivity contribution < 1.29 is 0 Å². The zero-order chi connectivity index (χ0) is 13.4. The first-order valence-electron chi connectivity index (χ1n) is 5.91. The van der Waals surface area contributed by atoms with Crippen molar-refractivity contribution in [1.82, 2.24) is 10.2 Å². The van der Waals surface area contributed by atoms with E-state index in [2.05, 4.69) is 32.8 Å². The van der Waals surface area contributed by atoms with Crippen molar-refractivity contribution in [2.24, 2.45) is 0 Å². The minimum atomic E-state index is -0.141. The Morgan fingerprint density at radius 1 is 1.11 bits per heavy atom. The summed E-state index contributed by atoms with van der Waals surface area (Å²) in [6.45, 7) is 2.04. The largest absolute Gasteiger partial charge is 0.273 e. The predicted octanol–water partition coefficient (Wildman–Crippen LogP) is 3.50. The molecule has 94 valence electrons. The Bertz CT molecular complexity index is 824. The number of aromatic amines is 1. The van der Waals surface area contributed by atoms with Crippen LogP contribution >= 0.6 is 22.6 Å². The van der Waals surface area contributed by atoms with Gasteiger partial charge >= 0.3 is 0 Å². The molecule has 0 amide bonds. The van der Waals surface area contributed by atoms with Crippen molar-refractivity contribution >= 4 is 33.4 Å². The molecule has 0 aliphatic heterocycles. The Labute approximate surface area is 123 Å². The molecule has 0 atom stereocenters. The van der Waals surface area contributed by atoms with Gasteiger partial charge in [-0.05, 0) is 41.1 Å². The number of benzene rings is 2. The first-order chi connectivity index (χ1) is 9.18. The summed E-state index contributed by atoms with van der Waals surface area (Å²) in [4.78, 5) is 11.9. The van der Waals surface area contributed by atoms with Gasteiger partial charge in [-0.2, -0.15) is 5.10 Å². The van der Waals surface area contributed by atoms with E-state index in [1.165, 1.54) is 0 Å². The number of nitrogens with one attached hydrogen (secondary N) is 1. The fourth-order valence-corrected chi connectivity index (χ4v) is 2.96. The molecule has 4 heteroatoms. The summed E-state index contributed by atoms with van der Waals surface area (Å²) in [6, 6.07) is 13.9. The highest BCUT2D eigenvalue weighted by molar-refractivity contribution is 14.1. The summed E-state index contributed by atoms with van der Waals surface area (Å²) in [5, 5.41) is 8.44. The lowest BCUT2D eigenvalue weighted by Crippen LogP contribution is -2.11. The summed E-state index contributed by atoms with van der Waals surface area (Å²) < 4.78 is 0.939. The topological polar surface area (TPSA) is 45.8 Å². The number of halogens is 1. The summed E-state index contributed by atoms with van der Waals surface area (Å²) in [5.41, 5.74) is 2.87. The maximum Gasteiger partial charge on any atom is 0.273 e. The van der Waals surface area contributed by atoms with Gasteiger partial charge in [-0.1, -0.05) is 36.4 Å². The van der Waals surface area contributed by atoms with E-state index in [-0.39, 0.29) is 5.56 Å². The van der Waals surface area contributed by atoms with Gasteiger partial charge in [-0.3, -0.25) is 4.79 Å². The van der Waals surface area contributed by atoms with Crippen LogP contribution in [0.25, 0.3) is 22.0 Å². The molecule has 0 aliphatic carbocycles. The Morgan fingerprint density at radius 2 is 1.89 bits per heavy atom. The lowest BCUT2D eigenvalue weighted by molar-refractivity contribution is 1.01. The molecule has 2 aromatic carbocycles. The van der Waals surface area contributed by atoms with Crippen LogP contribution in [-0.2, 0) is 0 Å². The van der Waals surface area contributed by atoms with Crippen molar-refractivity contribution in [3.63, 3.8) is 0 Å². The second-order valence-electron chi connectivity index (χ2n) is 4.38. The molecule has 3 rings (SSSR count). The van der Waals surface area contributed by atoms with Gasteiger partial charge in [0.1, 0.15) is 0 Å². The van der Waals surface area contributed by atoms with Crippen LogP contribution in [0.3, 0.4) is 0 Å². The van der Waals surface area contributed by atoms with E-state index >= 15 is 0 Å². The second-order valence-corrected chi connectivity index (χ2v) is 5.54. The number of hydrogen-bond acceptors (Lipinski definition) is 2. The highest BCUT2D eigenvalue weighted by Gasteiger charge is 2.11. The number of rotatable bonds is 1. The molecule has 0 aliphatic rings. The van der Waals surface area contributed by atoms with Gasteiger partial charge in [0.2, 0.25) is 0 Å². The molecule has 1 N–H and O–H groups in total. The molecule has 3 aromatic rings. The quantitative estimate of drug-likeness (QED) is 0.674. The van der Waals surface area contributed by atoms with Crippen LogP contribution in [0.2, 0.25) is 0 Å². The SMILES string of the molecule is Cc1ccccc1-c1n[nH]c(=O)c2c(I)cccc12. The fourth-order valence-electron chi connectivity index (χ4n) is 2.22. The van der Waals surface area contributed by atoms with Gasteiger partial charge in [0, 0.05) is 14.5 Å². The van der Waals surface area contributed by atoms with E-state index in [9.17, 15) is 4.79 Å². The van der Waals surface area contributed by atoms with Crippen LogP contribution in [0, 0.1) is 10.5 Å². The minimum Gasteiger partial charge on any atom is -0.267 e. The Morgan fingerprint density at radius 3 is 2.68 bits per heavy atom.